The fraction of sp³-hybridized carbons (Fsp3) is 0.189. The summed E-state index contributed by atoms with van der Waals surface area (Å²) in [7, 11) is 0. The molecule has 8 nitrogen and oxygen atoms in total. The van der Waals surface area contributed by atoms with Crippen molar-refractivity contribution in [1.29, 1.82) is 0 Å². The first kappa shape index (κ1) is 33.7. The van der Waals surface area contributed by atoms with Gasteiger partial charge in [0.25, 0.3) is 0 Å². The second-order valence-corrected chi connectivity index (χ2v) is 12.0. The van der Waals surface area contributed by atoms with Gasteiger partial charge in [0.05, 0.1) is 16.6 Å². The molecule has 2 aromatic heterocycles. The third-order valence-corrected chi connectivity index (χ3v) is 8.79. The Balaban J connectivity index is 1.33. The lowest BCUT2D eigenvalue weighted by atomic mass is 9.97. The van der Waals surface area contributed by atoms with Crippen molar-refractivity contribution in [3.63, 3.8) is 0 Å². The Labute approximate surface area is 286 Å². The maximum absolute atomic E-state index is 13.6. The number of esters is 1. The molecule has 262 valence electrons. The van der Waals surface area contributed by atoms with E-state index in [1.807, 2.05) is 65.7 Å². The molecule has 1 aliphatic rings. The van der Waals surface area contributed by atoms with Crippen molar-refractivity contribution >= 4 is 39.4 Å². The molecule has 0 bridgehead atoms. The number of fused-ring (bicyclic) bond motifs is 2. The predicted octanol–water partition coefficient (Wildman–Crippen LogP) is 7.76. The van der Waals surface area contributed by atoms with Crippen LogP contribution in [0.3, 0.4) is 0 Å². The molecular weight excluding hydrogens is 678 g/mol. The van der Waals surface area contributed by atoms with Crippen LogP contribution in [0.25, 0.3) is 44.1 Å². The zero-order valence-corrected chi connectivity index (χ0v) is 26.6. The van der Waals surface area contributed by atoms with E-state index in [0.717, 1.165) is 33.8 Å². The van der Waals surface area contributed by atoms with Crippen molar-refractivity contribution in [2.45, 2.75) is 18.9 Å². The molecule has 0 atom stereocenters. The molecule has 0 amide bonds. The standard InChI is InChI=1S/C37H28F6N4O4/c38-36(39,40)34(48)50-31-11-5-10-29-33(31)32(25-14-12-24(13-15-25)23-6-2-1-3-7-23)30(47(29)51-35(49)37(41,42)43)22-45-18-20-46(21-19-45)28-9-4-8-27-26(28)16-17-44-27/h1-17,44H,18-22H2. The van der Waals surface area contributed by atoms with Gasteiger partial charge in [-0.2, -0.15) is 31.1 Å². The molecule has 0 aliphatic carbocycles. The summed E-state index contributed by atoms with van der Waals surface area (Å²) in [5.74, 6) is -5.62. The molecule has 51 heavy (non-hydrogen) atoms. The van der Waals surface area contributed by atoms with Gasteiger partial charge in [-0.25, -0.2) is 9.59 Å². The second kappa shape index (κ2) is 13.2. The third kappa shape index (κ3) is 6.74. The number of benzene rings is 4. The molecule has 1 fully saturated rings. The Morgan fingerprint density at radius 1 is 0.686 bits per heavy atom. The quantitative estimate of drug-likeness (QED) is 0.104. The van der Waals surface area contributed by atoms with Gasteiger partial charge in [-0.05, 0) is 47.0 Å². The molecule has 0 spiro atoms. The number of piperazine rings is 1. The van der Waals surface area contributed by atoms with Crippen molar-refractivity contribution < 1.29 is 45.5 Å². The van der Waals surface area contributed by atoms with Gasteiger partial charge >= 0.3 is 24.3 Å². The number of carbonyl (C=O) groups excluding carboxylic acids is 2. The second-order valence-electron chi connectivity index (χ2n) is 12.0. The summed E-state index contributed by atoms with van der Waals surface area (Å²) in [5.41, 5.74) is 4.02. The van der Waals surface area contributed by atoms with Crippen LogP contribution in [0.5, 0.6) is 5.75 Å². The van der Waals surface area contributed by atoms with Crippen molar-refractivity contribution in [3.8, 4) is 28.0 Å². The molecule has 1 N–H and O–H groups in total. The van der Waals surface area contributed by atoms with E-state index in [-0.39, 0.29) is 28.7 Å². The lowest BCUT2D eigenvalue weighted by Crippen LogP contribution is -2.46. The number of halogens is 6. The number of rotatable bonds is 7. The average Bonchev–Trinajstić information content (AvgIpc) is 3.72. The topological polar surface area (TPSA) is 79.8 Å². The number of alkyl halides is 6. The highest BCUT2D eigenvalue weighted by Gasteiger charge is 2.44. The number of H-pyrrole nitrogens is 1. The largest absolute Gasteiger partial charge is 0.493 e. The van der Waals surface area contributed by atoms with Gasteiger partial charge in [0, 0.05) is 61.1 Å². The van der Waals surface area contributed by atoms with Crippen LogP contribution in [0.1, 0.15) is 5.69 Å². The summed E-state index contributed by atoms with van der Waals surface area (Å²) in [6.07, 6.45) is -8.91. The Morgan fingerprint density at radius 2 is 1.33 bits per heavy atom. The zero-order valence-electron chi connectivity index (χ0n) is 26.6. The van der Waals surface area contributed by atoms with Gasteiger partial charge in [0.15, 0.2) is 0 Å². The van der Waals surface area contributed by atoms with Crippen LogP contribution in [0.4, 0.5) is 32.0 Å². The number of aromatic nitrogens is 2. The molecule has 1 saturated heterocycles. The minimum absolute atomic E-state index is 0.0479. The zero-order chi connectivity index (χ0) is 35.9. The van der Waals surface area contributed by atoms with Crippen LogP contribution in [-0.4, -0.2) is 65.1 Å². The number of aromatic amines is 1. The van der Waals surface area contributed by atoms with E-state index in [9.17, 15) is 35.9 Å². The fourth-order valence-electron chi connectivity index (χ4n) is 6.43. The molecule has 0 radical (unpaired) electrons. The van der Waals surface area contributed by atoms with Gasteiger partial charge in [-0.3, -0.25) is 4.90 Å². The number of hydrogen-bond acceptors (Lipinski definition) is 6. The van der Waals surface area contributed by atoms with E-state index in [0.29, 0.717) is 36.5 Å². The van der Waals surface area contributed by atoms with E-state index >= 15 is 0 Å². The molecule has 1 aliphatic heterocycles. The molecule has 4 aromatic carbocycles. The van der Waals surface area contributed by atoms with Crippen molar-refractivity contribution in [3.05, 3.63) is 109 Å². The van der Waals surface area contributed by atoms with Gasteiger partial charge < -0.3 is 19.5 Å². The van der Waals surface area contributed by atoms with E-state index in [1.54, 1.807) is 24.3 Å². The van der Waals surface area contributed by atoms with Crippen LogP contribution < -0.4 is 14.5 Å². The number of ether oxygens (including phenoxy) is 1. The lowest BCUT2D eigenvalue weighted by Gasteiger charge is -2.36. The highest BCUT2D eigenvalue weighted by molar-refractivity contribution is 6.03. The Kier molecular flexibility index (Phi) is 8.71. The van der Waals surface area contributed by atoms with Gasteiger partial charge in [0.1, 0.15) is 5.75 Å². The monoisotopic (exact) mass is 706 g/mol. The lowest BCUT2D eigenvalue weighted by molar-refractivity contribution is -0.199. The minimum atomic E-state index is -5.39. The number of nitrogens with one attached hydrogen (secondary N) is 1. The molecule has 0 unspecified atom stereocenters. The summed E-state index contributed by atoms with van der Waals surface area (Å²) in [4.78, 5) is 36.7. The summed E-state index contributed by atoms with van der Waals surface area (Å²) in [6, 6.07) is 27.6. The minimum Gasteiger partial charge on any atom is -0.419 e. The van der Waals surface area contributed by atoms with Gasteiger partial charge in [0.2, 0.25) is 0 Å². The normalized spacial score (nSPS) is 14.3. The van der Waals surface area contributed by atoms with Crippen LogP contribution in [0.15, 0.2) is 103 Å². The van der Waals surface area contributed by atoms with Crippen molar-refractivity contribution in [1.82, 2.24) is 14.6 Å². The summed E-state index contributed by atoms with van der Waals surface area (Å²) < 4.78 is 86.6. The first-order valence-corrected chi connectivity index (χ1v) is 15.8. The van der Waals surface area contributed by atoms with E-state index < -0.39 is 30.0 Å². The first-order chi connectivity index (χ1) is 24.4. The highest BCUT2D eigenvalue weighted by atomic mass is 19.4. The summed E-state index contributed by atoms with van der Waals surface area (Å²) in [6.45, 7) is 1.91. The molecule has 14 heteroatoms. The van der Waals surface area contributed by atoms with Crippen LogP contribution >= 0.6 is 0 Å². The van der Waals surface area contributed by atoms with Crippen LogP contribution in [0.2, 0.25) is 0 Å². The number of carbonyl (C=O) groups is 2. The van der Waals surface area contributed by atoms with E-state index in [2.05, 4.69) is 9.88 Å². The average molecular weight is 707 g/mol. The molecular formula is C37H28F6N4O4. The molecule has 6 aromatic rings. The molecule has 7 rings (SSSR count). The fourth-order valence-corrected chi connectivity index (χ4v) is 6.43. The number of hydrogen-bond donors (Lipinski definition) is 1. The molecule has 3 heterocycles. The van der Waals surface area contributed by atoms with Crippen molar-refractivity contribution in [2.24, 2.45) is 0 Å². The third-order valence-electron chi connectivity index (χ3n) is 8.79. The highest BCUT2D eigenvalue weighted by Crippen LogP contribution is 2.42. The Hall–Kier alpha value is -5.76. The number of anilines is 1. The molecule has 0 saturated carbocycles. The Bertz CT molecular complexity index is 2220. The SMILES string of the molecule is O=C(Oc1cccc2c1c(-c1ccc(-c3ccccc3)cc1)c(CN1CCN(c3cccc4[nH]ccc34)CC1)n2OC(=O)C(F)(F)F)C(F)(F)F. The summed E-state index contributed by atoms with van der Waals surface area (Å²) >= 11 is 0. The smallest absolute Gasteiger partial charge is 0.419 e. The predicted molar refractivity (Wildman–Crippen MR) is 178 cm³/mol. The van der Waals surface area contributed by atoms with Crippen LogP contribution in [-0.2, 0) is 16.1 Å². The van der Waals surface area contributed by atoms with Crippen molar-refractivity contribution in [2.75, 3.05) is 31.1 Å². The first-order valence-electron chi connectivity index (χ1n) is 15.8. The van der Waals surface area contributed by atoms with E-state index in [1.165, 1.54) is 12.1 Å². The maximum atomic E-state index is 13.6. The van der Waals surface area contributed by atoms with Crippen LogP contribution in [0, 0.1) is 0 Å². The van der Waals surface area contributed by atoms with Gasteiger partial charge in [-0.15, -0.1) is 0 Å². The maximum Gasteiger partial charge on any atom is 0.493 e. The number of nitrogens with zero attached hydrogens (tertiary/aromatic N) is 3. The summed E-state index contributed by atoms with van der Waals surface area (Å²) in [5, 5.41) is 0.901. The van der Waals surface area contributed by atoms with Gasteiger partial charge in [-0.1, -0.05) is 66.7 Å². The van der Waals surface area contributed by atoms with E-state index in [4.69, 9.17) is 9.57 Å². The Morgan fingerprint density at radius 3 is 2.02 bits per heavy atom.